The summed E-state index contributed by atoms with van der Waals surface area (Å²) in [4.78, 5) is 25.9. The lowest BCUT2D eigenvalue weighted by molar-refractivity contribution is 0.0963. The van der Waals surface area contributed by atoms with Gasteiger partial charge in [-0.2, -0.15) is 0 Å². The number of urea groups is 1. The summed E-state index contributed by atoms with van der Waals surface area (Å²) in [6.07, 6.45) is 0.945. The van der Waals surface area contributed by atoms with Crippen LogP contribution in [0.2, 0.25) is 5.02 Å². The number of nitrogens with zero attached hydrogens (tertiary/aromatic N) is 1. The van der Waals surface area contributed by atoms with Gasteiger partial charge in [-0.1, -0.05) is 41.9 Å². The van der Waals surface area contributed by atoms with Crippen LogP contribution in [-0.4, -0.2) is 37.0 Å². The van der Waals surface area contributed by atoms with E-state index in [2.05, 4.69) is 22.8 Å². The zero-order chi connectivity index (χ0) is 17.8. The maximum Gasteiger partial charge on any atom is 0.321 e. The number of anilines is 1. The van der Waals surface area contributed by atoms with Crippen LogP contribution in [0.4, 0.5) is 10.5 Å². The number of nitrogens with one attached hydrogen (secondary N) is 2. The Balaban J connectivity index is 1.64. The Morgan fingerprint density at radius 1 is 1.16 bits per heavy atom. The molecule has 0 saturated carbocycles. The zero-order valence-corrected chi connectivity index (χ0v) is 14.7. The van der Waals surface area contributed by atoms with E-state index in [0.717, 1.165) is 6.42 Å². The maximum atomic E-state index is 12.5. The SMILES string of the molecule is CNC(=O)c1ccc(NC(=O)N2CCC(c3ccccc3)C2)c(Cl)c1. The Bertz CT molecular complexity index is 779. The molecule has 2 N–H and O–H groups in total. The molecule has 6 heteroatoms. The largest absolute Gasteiger partial charge is 0.355 e. The molecular formula is C19H20ClN3O2. The molecule has 5 nitrogen and oxygen atoms in total. The molecule has 1 fully saturated rings. The van der Waals surface area contributed by atoms with Gasteiger partial charge in [-0.05, 0) is 30.2 Å². The molecular weight excluding hydrogens is 338 g/mol. The van der Waals surface area contributed by atoms with Crippen LogP contribution in [0.25, 0.3) is 0 Å². The van der Waals surface area contributed by atoms with E-state index in [0.29, 0.717) is 35.3 Å². The number of carbonyl (C=O) groups excluding carboxylic acids is 2. The van der Waals surface area contributed by atoms with Gasteiger partial charge in [-0.25, -0.2) is 4.79 Å². The van der Waals surface area contributed by atoms with Crippen molar-refractivity contribution < 1.29 is 9.59 Å². The maximum absolute atomic E-state index is 12.5. The summed E-state index contributed by atoms with van der Waals surface area (Å²) < 4.78 is 0. The number of halogens is 1. The first-order valence-electron chi connectivity index (χ1n) is 8.21. The van der Waals surface area contributed by atoms with Crippen molar-refractivity contribution in [2.45, 2.75) is 12.3 Å². The molecule has 25 heavy (non-hydrogen) atoms. The molecule has 3 rings (SSSR count). The summed E-state index contributed by atoms with van der Waals surface area (Å²) in [5.74, 6) is 0.142. The Morgan fingerprint density at radius 2 is 1.92 bits per heavy atom. The van der Waals surface area contributed by atoms with Crippen molar-refractivity contribution in [3.63, 3.8) is 0 Å². The van der Waals surface area contributed by atoms with Crippen LogP contribution in [0.5, 0.6) is 0 Å². The Morgan fingerprint density at radius 3 is 2.60 bits per heavy atom. The van der Waals surface area contributed by atoms with Crippen LogP contribution >= 0.6 is 11.6 Å². The summed E-state index contributed by atoms with van der Waals surface area (Å²) in [7, 11) is 1.56. The third-order valence-corrected chi connectivity index (χ3v) is 4.76. The quantitative estimate of drug-likeness (QED) is 0.879. The molecule has 1 heterocycles. The normalized spacial score (nSPS) is 16.6. The molecule has 3 amide bonds. The van der Waals surface area contributed by atoms with Crippen molar-refractivity contribution >= 4 is 29.2 Å². The van der Waals surface area contributed by atoms with Crippen LogP contribution in [0.3, 0.4) is 0 Å². The standard InChI is InChI=1S/C19H20ClN3O2/c1-21-18(24)14-7-8-17(16(20)11-14)22-19(25)23-10-9-15(12-23)13-5-3-2-4-6-13/h2-8,11,15H,9-10,12H2,1H3,(H,21,24)(H,22,25). The first kappa shape index (κ1) is 17.3. The number of hydrogen-bond acceptors (Lipinski definition) is 2. The third-order valence-electron chi connectivity index (χ3n) is 4.45. The van der Waals surface area contributed by atoms with Gasteiger partial charge in [0.1, 0.15) is 0 Å². The molecule has 130 valence electrons. The molecule has 1 unspecified atom stereocenters. The van der Waals surface area contributed by atoms with E-state index in [1.807, 2.05) is 18.2 Å². The van der Waals surface area contributed by atoms with Crippen LogP contribution in [0.15, 0.2) is 48.5 Å². The predicted octanol–water partition coefficient (Wildman–Crippen LogP) is 3.72. The highest BCUT2D eigenvalue weighted by Gasteiger charge is 2.27. The van der Waals surface area contributed by atoms with E-state index < -0.39 is 0 Å². The number of carbonyl (C=O) groups is 2. The van der Waals surface area contributed by atoms with E-state index in [1.54, 1.807) is 30.1 Å². The number of hydrogen-bond donors (Lipinski definition) is 2. The van der Waals surface area contributed by atoms with Crippen molar-refractivity contribution in [3.05, 3.63) is 64.7 Å². The smallest absolute Gasteiger partial charge is 0.321 e. The van der Waals surface area contributed by atoms with Gasteiger partial charge in [0.15, 0.2) is 0 Å². The van der Waals surface area contributed by atoms with Crippen molar-refractivity contribution in [2.75, 3.05) is 25.5 Å². The van der Waals surface area contributed by atoms with Gasteiger partial charge in [0.25, 0.3) is 5.91 Å². The Hall–Kier alpha value is -2.53. The van der Waals surface area contributed by atoms with E-state index in [-0.39, 0.29) is 11.9 Å². The second-order valence-electron chi connectivity index (χ2n) is 6.05. The van der Waals surface area contributed by atoms with Gasteiger partial charge in [0.2, 0.25) is 0 Å². The monoisotopic (exact) mass is 357 g/mol. The fourth-order valence-corrected chi connectivity index (χ4v) is 3.27. The Labute approximate surface area is 152 Å². The van der Waals surface area contributed by atoms with Gasteiger partial charge >= 0.3 is 6.03 Å². The van der Waals surface area contributed by atoms with Crippen LogP contribution < -0.4 is 10.6 Å². The molecule has 1 aliphatic heterocycles. The third kappa shape index (κ3) is 3.94. The molecule has 0 aliphatic carbocycles. The summed E-state index contributed by atoms with van der Waals surface area (Å²) in [5, 5.41) is 5.71. The zero-order valence-electron chi connectivity index (χ0n) is 14.0. The van der Waals surface area contributed by atoms with E-state index in [1.165, 1.54) is 5.56 Å². The van der Waals surface area contributed by atoms with Crippen LogP contribution in [-0.2, 0) is 0 Å². The number of rotatable bonds is 3. The molecule has 0 aromatic heterocycles. The molecule has 0 radical (unpaired) electrons. The number of benzene rings is 2. The van der Waals surface area contributed by atoms with Crippen LogP contribution in [0, 0.1) is 0 Å². The summed E-state index contributed by atoms with van der Waals surface area (Å²) in [6, 6.07) is 14.9. The minimum atomic E-state index is -0.218. The predicted molar refractivity (Wildman–Crippen MR) is 99.2 cm³/mol. The van der Waals surface area contributed by atoms with E-state index in [9.17, 15) is 9.59 Å². The van der Waals surface area contributed by atoms with Crippen molar-refractivity contribution in [1.82, 2.24) is 10.2 Å². The number of amides is 3. The van der Waals surface area contributed by atoms with Gasteiger partial charge in [0, 0.05) is 31.6 Å². The highest BCUT2D eigenvalue weighted by atomic mass is 35.5. The highest BCUT2D eigenvalue weighted by Crippen LogP contribution is 2.28. The summed E-state index contributed by atoms with van der Waals surface area (Å²) in [5.41, 5.74) is 2.21. The highest BCUT2D eigenvalue weighted by molar-refractivity contribution is 6.34. The molecule has 2 aromatic rings. The van der Waals surface area contributed by atoms with Crippen LogP contribution in [0.1, 0.15) is 28.3 Å². The first-order valence-corrected chi connectivity index (χ1v) is 8.59. The van der Waals surface area contributed by atoms with E-state index >= 15 is 0 Å². The van der Waals surface area contributed by atoms with Gasteiger partial charge in [0.05, 0.1) is 10.7 Å². The molecule has 2 aromatic carbocycles. The lowest BCUT2D eigenvalue weighted by Gasteiger charge is -2.18. The van der Waals surface area contributed by atoms with Crippen molar-refractivity contribution in [2.24, 2.45) is 0 Å². The lowest BCUT2D eigenvalue weighted by atomic mass is 9.99. The van der Waals surface area contributed by atoms with Crippen molar-refractivity contribution in [3.8, 4) is 0 Å². The minimum absolute atomic E-state index is 0.173. The van der Waals surface area contributed by atoms with Gasteiger partial charge in [-0.3, -0.25) is 4.79 Å². The van der Waals surface area contributed by atoms with Crippen molar-refractivity contribution in [1.29, 1.82) is 0 Å². The average molecular weight is 358 g/mol. The molecule has 1 aliphatic rings. The minimum Gasteiger partial charge on any atom is -0.355 e. The first-order chi connectivity index (χ1) is 12.1. The van der Waals surface area contributed by atoms with E-state index in [4.69, 9.17) is 11.6 Å². The number of likely N-dealkylation sites (tertiary alicyclic amines) is 1. The average Bonchev–Trinajstić information content (AvgIpc) is 3.13. The lowest BCUT2D eigenvalue weighted by Crippen LogP contribution is -2.32. The van der Waals surface area contributed by atoms with Gasteiger partial charge in [-0.15, -0.1) is 0 Å². The topological polar surface area (TPSA) is 61.4 Å². The Kier molecular flexibility index (Phi) is 5.24. The molecule has 1 saturated heterocycles. The molecule has 0 bridgehead atoms. The second kappa shape index (κ2) is 7.57. The molecule has 1 atom stereocenters. The van der Waals surface area contributed by atoms with Gasteiger partial charge < -0.3 is 15.5 Å². The fourth-order valence-electron chi connectivity index (χ4n) is 3.04. The second-order valence-corrected chi connectivity index (χ2v) is 6.45. The summed E-state index contributed by atoms with van der Waals surface area (Å²) >= 11 is 6.19. The summed E-state index contributed by atoms with van der Waals surface area (Å²) in [6.45, 7) is 1.39. The fraction of sp³-hybridized carbons (Fsp3) is 0.263. The molecule has 0 spiro atoms.